The van der Waals surface area contributed by atoms with Crippen molar-refractivity contribution in [1.82, 2.24) is 10.2 Å². The Morgan fingerprint density at radius 1 is 1.10 bits per heavy atom. The third-order valence-electron chi connectivity index (χ3n) is 7.07. The van der Waals surface area contributed by atoms with E-state index in [1.165, 1.54) is 29.4 Å². The molecular formula is C24H27ClN2O4. The number of hydrogen-bond donors (Lipinski definition) is 1. The van der Waals surface area contributed by atoms with Crippen LogP contribution in [0.5, 0.6) is 0 Å². The molecule has 164 valence electrons. The second kappa shape index (κ2) is 8.52. The van der Waals surface area contributed by atoms with Gasteiger partial charge >= 0.3 is 12.1 Å². The zero-order chi connectivity index (χ0) is 20.7. The Kier molecular flexibility index (Phi) is 5.95. The molecule has 2 aromatic carbocycles. The number of nitrogens with zero attached hydrogens (tertiary/aromatic N) is 1. The molecule has 2 heterocycles. The molecule has 2 fully saturated rings. The van der Waals surface area contributed by atoms with Crippen molar-refractivity contribution in [3.05, 3.63) is 59.7 Å². The number of hydrogen-bond acceptors (Lipinski definition) is 5. The molecule has 0 aromatic heterocycles. The number of piperidine rings is 1. The van der Waals surface area contributed by atoms with E-state index in [4.69, 9.17) is 9.47 Å². The van der Waals surface area contributed by atoms with Crippen molar-refractivity contribution in [2.75, 3.05) is 39.9 Å². The minimum atomic E-state index is -0.519. The van der Waals surface area contributed by atoms with Crippen molar-refractivity contribution < 1.29 is 19.1 Å². The van der Waals surface area contributed by atoms with Crippen LogP contribution in [0.2, 0.25) is 0 Å². The molecule has 1 aliphatic carbocycles. The number of rotatable bonds is 3. The molecule has 0 bridgehead atoms. The van der Waals surface area contributed by atoms with Gasteiger partial charge in [-0.2, -0.15) is 0 Å². The summed E-state index contributed by atoms with van der Waals surface area (Å²) in [6.45, 7) is 2.66. The van der Waals surface area contributed by atoms with Gasteiger partial charge in [-0.15, -0.1) is 12.4 Å². The molecule has 5 rings (SSSR count). The van der Waals surface area contributed by atoms with E-state index in [-0.39, 0.29) is 36.3 Å². The van der Waals surface area contributed by atoms with Crippen LogP contribution in [0.3, 0.4) is 0 Å². The van der Waals surface area contributed by atoms with Crippen LogP contribution in [0.15, 0.2) is 48.5 Å². The largest absolute Gasteiger partial charge is 0.469 e. The Morgan fingerprint density at radius 2 is 1.74 bits per heavy atom. The number of carbonyl (C=O) groups is 2. The first-order chi connectivity index (χ1) is 14.6. The van der Waals surface area contributed by atoms with Gasteiger partial charge in [0.2, 0.25) is 0 Å². The summed E-state index contributed by atoms with van der Waals surface area (Å²) >= 11 is 0. The quantitative estimate of drug-likeness (QED) is 0.737. The van der Waals surface area contributed by atoms with Gasteiger partial charge in [0.25, 0.3) is 0 Å². The van der Waals surface area contributed by atoms with Crippen LogP contribution < -0.4 is 5.32 Å². The minimum Gasteiger partial charge on any atom is -0.469 e. The molecule has 2 saturated heterocycles. The van der Waals surface area contributed by atoms with E-state index in [2.05, 4.69) is 29.6 Å². The molecule has 6 nitrogen and oxygen atoms in total. The summed E-state index contributed by atoms with van der Waals surface area (Å²) in [4.78, 5) is 27.0. The lowest BCUT2D eigenvalue weighted by Gasteiger charge is -2.40. The number of amides is 1. The fourth-order valence-electron chi connectivity index (χ4n) is 5.43. The minimum absolute atomic E-state index is 0. The Labute approximate surface area is 188 Å². The SMILES string of the molecule is COC(=O)C12CCN(C(=O)OCC3c4ccccc4-c4ccccc43)CC1CNC2.Cl. The first kappa shape index (κ1) is 21.7. The number of likely N-dealkylation sites (tertiary alicyclic amines) is 1. The van der Waals surface area contributed by atoms with Crippen LogP contribution in [-0.2, 0) is 14.3 Å². The average molecular weight is 443 g/mol. The van der Waals surface area contributed by atoms with Gasteiger partial charge in [-0.3, -0.25) is 4.79 Å². The van der Waals surface area contributed by atoms with Crippen molar-refractivity contribution in [2.45, 2.75) is 12.3 Å². The summed E-state index contributed by atoms with van der Waals surface area (Å²) in [5.41, 5.74) is 4.32. The molecule has 0 radical (unpaired) electrons. The highest BCUT2D eigenvalue weighted by atomic mass is 35.5. The maximum Gasteiger partial charge on any atom is 0.409 e. The highest BCUT2D eigenvalue weighted by molar-refractivity contribution is 5.85. The van der Waals surface area contributed by atoms with Gasteiger partial charge in [-0.05, 0) is 28.7 Å². The second-order valence-corrected chi connectivity index (χ2v) is 8.48. The molecule has 3 aliphatic rings. The molecular weight excluding hydrogens is 416 g/mol. The number of fused-ring (bicyclic) bond motifs is 4. The van der Waals surface area contributed by atoms with Crippen molar-refractivity contribution in [3.63, 3.8) is 0 Å². The summed E-state index contributed by atoms with van der Waals surface area (Å²) in [6, 6.07) is 16.6. The van der Waals surface area contributed by atoms with Gasteiger partial charge in [0.1, 0.15) is 6.61 Å². The zero-order valence-corrected chi connectivity index (χ0v) is 18.3. The number of nitrogens with one attached hydrogen (secondary N) is 1. The molecule has 2 aromatic rings. The lowest BCUT2D eigenvalue weighted by atomic mass is 9.72. The van der Waals surface area contributed by atoms with Crippen LogP contribution in [0.4, 0.5) is 4.79 Å². The fourth-order valence-corrected chi connectivity index (χ4v) is 5.43. The highest BCUT2D eigenvalue weighted by Gasteiger charge is 2.53. The van der Waals surface area contributed by atoms with E-state index in [0.717, 1.165) is 0 Å². The van der Waals surface area contributed by atoms with Crippen LogP contribution in [-0.4, -0.2) is 56.9 Å². The standard InChI is InChI=1S/C24H26N2O4.ClH/c1-29-22(27)24-10-11-26(13-16(24)12-25-15-24)23(28)30-14-21-19-8-4-2-6-17(19)18-7-3-5-9-20(18)21;/h2-9,16,21,25H,10-15H2,1H3;1H. The van der Waals surface area contributed by atoms with Gasteiger partial charge in [0.15, 0.2) is 0 Å². The fraction of sp³-hybridized carbons (Fsp3) is 0.417. The van der Waals surface area contributed by atoms with Crippen LogP contribution in [0.1, 0.15) is 23.5 Å². The predicted octanol–water partition coefficient (Wildman–Crippen LogP) is 3.44. The Morgan fingerprint density at radius 3 is 2.39 bits per heavy atom. The number of esters is 1. The number of halogens is 1. The molecule has 31 heavy (non-hydrogen) atoms. The topological polar surface area (TPSA) is 67.9 Å². The smallest absolute Gasteiger partial charge is 0.409 e. The van der Waals surface area contributed by atoms with E-state index in [0.29, 0.717) is 39.2 Å². The first-order valence-electron chi connectivity index (χ1n) is 10.5. The van der Waals surface area contributed by atoms with Crippen molar-refractivity contribution >= 4 is 24.5 Å². The van der Waals surface area contributed by atoms with E-state index in [1.54, 1.807) is 4.90 Å². The van der Waals surface area contributed by atoms with E-state index >= 15 is 0 Å². The van der Waals surface area contributed by atoms with Crippen molar-refractivity contribution in [2.24, 2.45) is 11.3 Å². The van der Waals surface area contributed by atoms with E-state index in [9.17, 15) is 9.59 Å². The summed E-state index contributed by atoms with van der Waals surface area (Å²) in [5.74, 6) is -0.0719. The summed E-state index contributed by atoms with van der Waals surface area (Å²) in [6.07, 6.45) is 0.295. The lowest BCUT2D eigenvalue weighted by Crippen LogP contribution is -2.53. The van der Waals surface area contributed by atoms with Gasteiger partial charge in [-0.25, -0.2) is 4.79 Å². The Balaban J connectivity index is 0.00000231. The van der Waals surface area contributed by atoms with Crippen LogP contribution >= 0.6 is 12.4 Å². The van der Waals surface area contributed by atoms with Gasteiger partial charge in [0, 0.05) is 38.0 Å². The number of methoxy groups -OCH3 is 1. The van der Waals surface area contributed by atoms with Gasteiger partial charge in [0.05, 0.1) is 12.5 Å². The number of benzene rings is 2. The van der Waals surface area contributed by atoms with Crippen LogP contribution in [0.25, 0.3) is 11.1 Å². The number of carbonyl (C=O) groups excluding carboxylic acids is 2. The van der Waals surface area contributed by atoms with Gasteiger partial charge < -0.3 is 19.7 Å². The average Bonchev–Trinajstić information content (AvgIpc) is 3.36. The molecule has 2 aliphatic heterocycles. The van der Waals surface area contributed by atoms with Crippen molar-refractivity contribution in [3.8, 4) is 11.1 Å². The maximum absolute atomic E-state index is 12.9. The molecule has 1 N–H and O–H groups in total. The third-order valence-corrected chi connectivity index (χ3v) is 7.07. The second-order valence-electron chi connectivity index (χ2n) is 8.48. The summed E-state index contributed by atoms with van der Waals surface area (Å²) < 4.78 is 10.9. The number of ether oxygens (including phenoxy) is 2. The molecule has 2 atom stereocenters. The predicted molar refractivity (Wildman–Crippen MR) is 119 cm³/mol. The molecule has 0 spiro atoms. The van der Waals surface area contributed by atoms with Gasteiger partial charge in [-0.1, -0.05) is 48.5 Å². The van der Waals surface area contributed by atoms with E-state index < -0.39 is 5.41 Å². The zero-order valence-electron chi connectivity index (χ0n) is 17.5. The third kappa shape index (κ3) is 3.48. The summed E-state index contributed by atoms with van der Waals surface area (Å²) in [7, 11) is 1.43. The highest BCUT2D eigenvalue weighted by Crippen LogP contribution is 2.45. The maximum atomic E-state index is 12.9. The molecule has 1 amide bonds. The monoisotopic (exact) mass is 442 g/mol. The summed E-state index contributed by atoms with van der Waals surface area (Å²) in [5, 5.41) is 3.30. The van der Waals surface area contributed by atoms with Crippen molar-refractivity contribution in [1.29, 1.82) is 0 Å². The normalized spacial score (nSPS) is 23.9. The molecule has 7 heteroatoms. The van der Waals surface area contributed by atoms with E-state index in [1.807, 2.05) is 24.3 Å². The first-order valence-corrected chi connectivity index (χ1v) is 10.5. The lowest BCUT2D eigenvalue weighted by molar-refractivity contribution is -0.157. The Bertz CT molecular complexity index is 952. The molecule has 0 saturated carbocycles. The Hall–Kier alpha value is -2.57. The molecule has 2 unspecified atom stereocenters. The van der Waals surface area contributed by atoms with Crippen LogP contribution in [0, 0.1) is 11.3 Å².